The second kappa shape index (κ2) is 29.1. The summed E-state index contributed by atoms with van der Waals surface area (Å²) in [5.41, 5.74) is 2.07. The van der Waals surface area contributed by atoms with Gasteiger partial charge in [-0.1, -0.05) is 102 Å². The molecule has 2 aromatic rings. The van der Waals surface area contributed by atoms with Crippen molar-refractivity contribution in [1.29, 1.82) is 0 Å². The number of carboxylic acids is 2. The summed E-state index contributed by atoms with van der Waals surface area (Å²) in [7, 11) is 0. The summed E-state index contributed by atoms with van der Waals surface area (Å²) in [6.45, 7) is 3.90. The molecule has 2 atom stereocenters. The molecule has 2 aromatic carbocycles. The maximum Gasteiger partial charge on any atom is 0.305 e. The lowest BCUT2D eigenvalue weighted by Crippen LogP contribution is -2.28. The van der Waals surface area contributed by atoms with Gasteiger partial charge in [0, 0.05) is 31.1 Å². The van der Waals surface area contributed by atoms with Crippen molar-refractivity contribution in [3.8, 4) is 11.5 Å². The van der Waals surface area contributed by atoms with E-state index in [4.69, 9.17) is 29.2 Å². The summed E-state index contributed by atoms with van der Waals surface area (Å²) >= 11 is 0. The van der Waals surface area contributed by atoms with Crippen LogP contribution in [0.25, 0.3) is 0 Å². The minimum atomic E-state index is -1.02. The number of unbranched alkanes of at least 4 members (excludes halogenated alkanes) is 10. The summed E-state index contributed by atoms with van der Waals surface area (Å²) < 4.78 is 22.0. The van der Waals surface area contributed by atoms with Crippen LogP contribution >= 0.6 is 0 Å². The van der Waals surface area contributed by atoms with E-state index in [1.165, 1.54) is 49.7 Å². The van der Waals surface area contributed by atoms with Gasteiger partial charge in [-0.25, -0.2) is 0 Å². The van der Waals surface area contributed by atoms with Crippen LogP contribution in [0, 0.1) is 0 Å². The van der Waals surface area contributed by atoms with Crippen LogP contribution in [0.1, 0.15) is 153 Å². The number of aliphatic carboxylic acids is 2. The van der Waals surface area contributed by atoms with Crippen LogP contribution in [-0.2, 0) is 34.1 Å². The van der Waals surface area contributed by atoms with Gasteiger partial charge in [0.25, 0.3) is 0 Å². The Bertz CT molecular complexity index is 1300. The van der Waals surface area contributed by atoms with Crippen LogP contribution in [0.15, 0.2) is 48.5 Å². The third-order valence-corrected chi connectivity index (χ3v) is 10.0. The van der Waals surface area contributed by atoms with Crippen LogP contribution in [0.2, 0.25) is 0 Å². The Morgan fingerprint density at radius 3 is 1.19 bits per heavy atom. The van der Waals surface area contributed by atoms with Gasteiger partial charge in [0.1, 0.15) is 50.1 Å². The highest BCUT2D eigenvalue weighted by Crippen LogP contribution is 2.43. The van der Waals surface area contributed by atoms with Crippen molar-refractivity contribution >= 4 is 23.9 Å². The summed E-state index contributed by atoms with van der Waals surface area (Å²) in [6, 6.07) is 16.1. The zero-order chi connectivity index (χ0) is 41.7. The average Bonchev–Trinajstić information content (AvgIpc) is 3.20. The van der Waals surface area contributed by atoms with E-state index in [0.29, 0.717) is 37.2 Å². The number of carboxylic acid groups (broad SMARTS) is 2. The number of hydrogen-bond acceptors (Lipinski definition) is 10. The Kier molecular flexibility index (Phi) is 25.0. The Labute approximate surface area is 339 Å². The molecule has 0 bridgehead atoms. The second-order valence-corrected chi connectivity index (χ2v) is 15.0. The van der Waals surface area contributed by atoms with Crippen molar-refractivity contribution in [2.45, 2.75) is 160 Å². The van der Waals surface area contributed by atoms with E-state index < -0.39 is 36.1 Å². The number of aliphatic hydroxyl groups excluding tert-OH is 2. The topological polar surface area (TPSA) is 186 Å². The molecule has 0 fully saturated rings. The fourth-order valence-electron chi connectivity index (χ4n) is 6.76. The highest BCUT2D eigenvalue weighted by molar-refractivity contribution is 5.70. The molecule has 0 aromatic heterocycles. The smallest absolute Gasteiger partial charge is 0.305 e. The monoisotopic (exact) mass is 800 g/mol. The lowest BCUT2D eigenvalue weighted by Gasteiger charge is -2.36. The van der Waals surface area contributed by atoms with E-state index in [-0.39, 0.29) is 57.5 Å². The molecule has 12 heteroatoms. The Hall–Kier alpha value is -4.16. The summed E-state index contributed by atoms with van der Waals surface area (Å²) in [5, 5.41) is 38.3. The highest BCUT2D eigenvalue weighted by Gasteiger charge is 2.33. The first-order valence-electron chi connectivity index (χ1n) is 21.1. The zero-order valence-corrected chi connectivity index (χ0v) is 34.3. The van der Waals surface area contributed by atoms with Gasteiger partial charge in [-0.3, -0.25) is 19.2 Å². The summed E-state index contributed by atoms with van der Waals surface area (Å²) in [4.78, 5) is 45.2. The van der Waals surface area contributed by atoms with E-state index in [2.05, 4.69) is 38.1 Å². The molecule has 0 spiro atoms. The maximum atomic E-state index is 12.0. The van der Waals surface area contributed by atoms with Crippen LogP contribution in [0.3, 0.4) is 0 Å². The summed E-state index contributed by atoms with van der Waals surface area (Å²) in [6.07, 6.45) is 13.2. The van der Waals surface area contributed by atoms with E-state index in [1.807, 2.05) is 24.3 Å². The molecule has 4 N–H and O–H groups in total. The first-order chi connectivity index (χ1) is 27.5. The molecule has 0 saturated heterocycles. The number of aliphatic hydroxyl groups is 2. The highest BCUT2D eigenvalue weighted by atomic mass is 16.6. The fraction of sp³-hybridized carbons (Fsp3) is 0.644. The van der Waals surface area contributed by atoms with E-state index in [9.17, 15) is 29.4 Å². The predicted molar refractivity (Wildman–Crippen MR) is 218 cm³/mol. The van der Waals surface area contributed by atoms with E-state index in [0.717, 1.165) is 38.5 Å². The van der Waals surface area contributed by atoms with Gasteiger partial charge in [-0.05, 0) is 73.9 Å². The molecule has 2 rings (SSSR count). The molecule has 2 unspecified atom stereocenters. The molecule has 57 heavy (non-hydrogen) atoms. The molecule has 0 aliphatic rings. The summed E-state index contributed by atoms with van der Waals surface area (Å²) in [5.74, 6) is -1.60. The van der Waals surface area contributed by atoms with Crippen molar-refractivity contribution in [2.24, 2.45) is 0 Å². The largest absolute Gasteiger partial charge is 0.491 e. The van der Waals surface area contributed by atoms with Gasteiger partial charge in [0.2, 0.25) is 0 Å². The van der Waals surface area contributed by atoms with Crippen molar-refractivity contribution in [2.75, 3.05) is 26.4 Å². The molecule has 0 heterocycles. The van der Waals surface area contributed by atoms with Crippen molar-refractivity contribution < 1.29 is 58.6 Å². The van der Waals surface area contributed by atoms with Crippen LogP contribution in [0.4, 0.5) is 0 Å². The number of rotatable bonds is 34. The molecule has 0 aliphatic carbocycles. The van der Waals surface area contributed by atoms with Crippen molar-refractivity contribution in [3.63, 3.8) is 0 Å². The number of benzene rings is 2. The molecular formula is C45H68O12. The normalized spacial score (nSPS) is 12.4. The number of hydrogen-bond donors (Lipinski definition) is 4. The van der Waals surface area contributed by atoms with E-state index >= 15 is 0 Å². The standard InChI is InChI=1S/C45H68O12/c1-3-5-7-9-15-29-45(30-16-10-8-6-4-2,35-21-25-39(26-22-35)54-31-37(46)33-56-43(52)19-13-11-17-41(48)49)36-23-27-40(28-24-36)55-32-38(47)34-57-44(53)20-14-12-18-42(50)51/h21-28,37-38,46-47H,3-20,29-34H2,1-2H3,(H,48,49)(H,50,51). The zero-order valence-electron chi connectivity index (χ0n) is 34.3. The Morgan fingerprint density at radius 2 is 0.842 bits per heavy atom. The molecule has 320 valence electrons. The maximum absolute atomic E-state index is 12.0. The van der Waals surface area contributed by atoms with Gasteiger partial charge >= 0.3 is 23.9 Å². The fourth-order valence-corrected chi connectivity index (χ4v) is 6.76. The van der Waals surface area contributed by atoms with Gasteiger partial charge in [-0.15, -0.1) is 0 Å². The quantitative estimate of drug-likeness (QED) is 0.0391. The third kappa shape index (κ3) is 21.3. The lowest BCUT2D eigenvalue weighted by molar-refractivity contribution is -0.148. The molecular weight excluding hydrogens is 732 g/mol. The SMILES string of the molecule is CCCCCCCC(CCCCCCC)(c1ccc(OCC(O)COC(=O)CCCCC(=O)O)cc1)c1ccc(OCC(O)COC(=O)CCCCC(=O)O)cc1. The minimum Gasteiger partial charge on any atom is -0.491 e. The number of ether oxygens (including phenoxy) is 4. The first-order valence-corrected chi connectivity index (χ1v) is 21.1. The first kappa shape index (κ1) is 49.0. The van der Waals surface area contributed by atoms with Gasteiger partial charge in [0.15, 0.2) is 0 Å². The van der Waals surface area contributed by atoms with Crippen LogP contribution in [0.5, 0.6) is 11.5 Å². The predicted octanol–water partition coefficient (Wildman–Crippen LogP) is 8.55. The number of esters is 2. The van der Waals surface area contributed by atoms with Gasteiger partial charge < -0.3 is 39.4 Å². The molecule has 0 aliphatic heterocycles. The number of carbonyl (C=O) groups excluding carboxylic acids is 2. The number of carbonyl (C=O) groups is 4. The van der Waals surface area contributed by atoms with Crippen molar-refractivity contribution in [1.82, 2.24) is 0 Å². The molecule has 0 amide bonds. The average molecular weight is 801 g/mol. The second-order valence-electron chi connectivity index (χ2n) is 15.0. The van der Waals surface area contributed by atoms with Crippen molar-refractivity contribution in [3.05, 3.63) is 59.7 Å². The molecule has 0 radical (unpaired) electrons. The molecule has 12 nitrogen and oxygen atoms in total. The van der Waals surface area contributed by atoms with Crippen LogP contribution < -0.4 is 9.47 Å². The lowest BCUT2D eigenvalue weighted by atomic mass is 9.68. The van der Waals surface area contributed by atoms with Gasteiger partial charge in [0.05, 0.1) is 0 Å². The Morgan fingerprint density at radius 1 is 0.491 bits per heavy atom. The van der Waals surface area contributed by atoms with E-state index in [1.54, 1.807) is 0 Å². The van der Waals surface area contributed by atoms with Gasteiger partial charge in [-0.2, -0.15) is 0 Å². The van der Waals surface area contributed by atoms with Crippen LogP contribution in [-0.4, -0.2) is 82.9 Å². The Balaban J connectivity index is 2.14. The molecule has 0 saturated carbocycles. The third-order valence-electron chi connectivity index (χ3n) is 10.0. The minimum absolute atomic E-state index is 0.0000611.